The lowest BCUT2D eigenvalue weighted by atomic mass is 9.79. The summed E-state index contributed by atoms with van der Waals surface area (Å²) in [6.45, 7) is 3.49. The molecule has 0 saturated carbocycles. The monoisotopic (exact) mass is 672 g/mol. The van der Waals surface area contributed by atoms with Crippen molar-refractivity contribution in [1.29, 1.82) is 0 Å². The van der Waals surface area contributed by atoms with Crippen LogP contribution < -0.4 is 10.6 Å². The summed E-state index contributed by atoms with van der Waals surface area (Å²) in [7, 11) is 0. The number of benzene rings is 4. The Morgan fingerprint density at radius 1 is 0.780 bits per heavy atom. The summed E-state index contributed by atoms with van der Waals surface area (Å²) >= 11 is 0. The molecule has 8 nitrogen and oxygen atoms in total. The second-order valence-electron chi connectivity index (χ2n) is 13.4. The fourth-order valence-electron chi connectivity index (χ4n) is 7.31. The SMILES string of the molecule is O=C(NCCCCC1NC(=O)C2(CCN(CCc3ccccc3)CC2)N(CC(c2ccccc2)c2ccccc2)C1=O)OCc1ccccc1. The summed E-state index contributed by atoms with van der Waals surface area (Å²) in [5.41, 5.74) is 3.57. The molecular formula is C42H48N4O4. The first-order valence-electron chi connectivity index (χ1n) is 17.9. The van der Waals surface area contributed by atoms with E-state index in [2.05, 4.69) is 64.1 Å². The minimum atomic E-state index is -0.900. The molecule has 2 fully saturated rings. The molecule has 6 rings (SSSR count). The number of amides is 3. The first-order chi connectivity index (χ1) is 24.5. The number of ether oxygens (including phenoxy) is 1. The molecule has 4 aromatic rings. The predicted octanol–water partition coefficient (Wildman–Crippen LogP) is 6.32. The number of carbonyl (C=O) groups is 3. The maximum atomic E-state index is 14.5. The van der Waals surface area contributed by atoms with Crippen molar-refractivity contribution < 1.29 is 19.1 Å². The number of carbonyl (C=O) groups excluding carboxylic acids is 3. The van der Waals surface area contributed by atoms with Gasteiger partial charge in [-0.1, -0.05) is 121 Å². The highest BCUT2D eigenvalue weighted by Gasteiger charge is 2.53. The van der Waals surface area contributed by atoms with Crippen molar-refractivity contribution in [2.75, 3.05) is 32.7 Å². The number of hydrogen-bond donors (Lipinski definition) is 2. The Balaban J connectivity index is 1.12. The zero-order valence-electron chi connectivity index (χ0n) is 28.7. The molecule has 0 aromatic heterocycles. The smallest absolute Gasteiger partial charge is 0.407 e. The molecule has 4 aromatic carbocycles. The summed E-state index contributed by atoms with van der Waals surface area (Å²) < 4.78 is 5.32. The second kappa shape index (κ2) is 17.1. The van der Waals surface area contributed by atoms with Crippen LogP contribution in [-0.4, -0.2) is 72.0 Å². The lowest BCUT2D eigenvalue weighted by Gasteiger charge is -2.52. The molecular weight excluding hydrogens is 624 g/mol. The van der Waals surface area contributed by atoms with Gasteiger partial charge in [0.15, 0.2) is 0 Å². The fraction of sp³-hybridized carbons (Fsp3) is 0.357. The van der Waals surface area contributed by atoms with E-state index in [0.29, 0.717) is 45.2 Å². The fourth-order valence-corrected chi connectivity index (χ4v) is 7.31. The van der Waals surface area contributed by atoms with Crippen LogP contribution in [0.4, 0.5) is 4.79 Å². The molecule has 260 valence electrons. The van der Waals surface area contributed by atoms with Gasteiger partial charge in [0.05, 0.1) is 0 Å². The topological polar surface area (TPSA) is 91.0 Å². The van der Waals surface area contributed by atoms with E-state index in [9.17, 15) is 14.4 Å². The van der Waals surface area contributed by atoms with E-state index >= 15 is 0 Å². The van der Waals surface area contributed by atoms with Crippen molar-refractivity contribution in [3.05, 3.63) is 144 Å². The minimum absolute atomic E-state index is 0.0190. The molecule has 0 radical (unpaired) electrons. The molecule has 0 bridgehead atoms. The Morgan fingerprint density at radius 3 is 1.94 bits per heavy atom. The molecule has 1 atom stereocenters. The highest BCUT2D eigenvalue weighted by molar-refractivity contribution is 6.00. The van der Waals surface area contributed by atoms with Gasteiger partial charge in [0.2, 0.25) is 11.8 Å². The van der Waals surface area contributed by atoms with E-state index in [1.807, 2.05) is 77.7 Å². The van der Waals surface area contributed by atoms with Gasteiger partial charge in [-0.3, -0.25) is 9.59 Å². The van der Waals surface area contributed by atoms with Crippen LogP contribution in [0, 0.1) is 0 Å². The molecule has 2 N–H and O–H groups in total. The van der Waals surface area contributed by atoms with E-state index < -0.39 is 17.7 Å². The Labute approximate surface area is 295 Å². The van der Waals surface area contributed by atoms with E-state index in [-0.39, 0.29) is 24.3 Å². The van der Waals surface area contributed by atoms with Crippen LogP contribution in [0.2, 0.25) is 0 Å². The van der Waals surface area contributed by atoms with Crippen LogP contribution in [0.25, 0.3) is 0 Å². The van der Waals surface area contributed by atoms with Crippen molar-refractivity contribution in [3.63, 3.8) is 0 Å². The highest BCUT2D eigenvalue weighted by Crippen LogP contribution is 2.37. The zero-order chi connectivity index (χ0) is 34.6. The molecule has 2 aliphatic heterocycles. The van der Waals surface area contributed by atoms with E-state index in [0.717, 1.165) is 42.7 Å². The van der Waals surface area contributed by atoms with Crippen molar-refractivity contribution in [3.8, 4) is 0 Å². The number of piperazine rings is 1. The van der Waals surface area contributed by atoms with Gasteiger partial charge in [0.1, 0.15) is 18.2 Å². The molecule has 2 saturated heterocycles. The molecule has 1 spiro atoms. The maximum absolute atomic E-state index is 14.5. The van der Waals surface area contributed by atoms with Gasteiger partial charge >= 0.3 is 6.09 Å². The third-order valence-electron chi connectivity index (χ3n) is 10.2. The third-order valence-corrected chi connectivity index (χ3v) is 10.2. The molecule has 2 aliphatic rings. The normalized spacial score (nSPS) is 17.5. The first-order valence-corrected chi connectivity index (χ1v) is 17.9. The van der Waals surface area contributed by atoms with Crippen LogP contribution in [0.5, 0.6) is 0 Å². The number of hydrogen-bond acceptors (Lipinski definition) is 5. The van der Waals surface area contributed by atoms with Gasteiger partial charge in [0.25, 0.3) is 0 Å². The van der Waals surface area contributed by atoms with Gasteiger partial charge < -0.3 is 25.2 Å². The lowest BCUT2D eigenvalue weighted by molar-refractivity contribution is -0.161. The average molecular weight is 673 g/mol. The maximum Gasteiger partial charge on any atom is 0.407 e. The lowest BCUT2D eigenvalue weighted by Crippen LogP contribution is -2.73. The Morgan fingerprint density at radius 2 is 1.34 bits per heavy atom. The molecule has 3 amide bonds. The number of nitrogens with one attached hydrogen (secondary N) is 2. The summed E-state index contributed by atoms with van der Waals surface area (Å²) in [6.07, 6.45) is 3.51. The number of unbranched alkanes of at least 4 members (excludes halogenated alkanes) is 1. The highest BCUT2D eigenvalue weighted by atomic mass is 16.5. The average Bonchev–Trinajstić information content (AvgIpc) is 3.17. The van der Waals surface area contributed by atoms with Gasteiger partial charge in [0, 0.05) is 38.6 Å². The summed E-state index contributed by atoms with van der Waals surface area (Å²) in [4.78, 5) is 45.4. The minimum Gasteiger partial charge on any atom is -0.445 e. The summed E-state index contributed by atoms with van der Waals surface area (Å²) in [5.74, 6) is -0.145. The van der Waals surface area contributed by atoms with Gasteiger partial charge in [-0.25, -0.2) is 4.79 Å². The number of piperidine rings is 1. The third kappa shape index (κ3) is 8.79. The Kier molecular flexibility index (Phi) is 12.0. The van der Waals surface area contributed by atoms with Crippen LogP contribution in [0.3, 0.4) is 0 Å². The van der Waals surface area contributed by atoms with Crippen molar-refractivity contribution in [2.45, 2.75) is 62.6 Å². The molecule has 0 aliphatic carbocycles. The van der Waals surface area contributed by atoms with E-state index in [1.165, 1.54) is 5.56 Å². The second-order valence-corrected chi connectivity index (χ2v) is 13.4. The number of likely N-dealkylation sites (tertiary alicyclic amines) is 1. The largest absolute Gasteiger partial charge is 0.445 e. The van der Waals surface area contributed by atoms with Crippen LogP contribution in [-0.2, 0) is 27.4 Å². The van der Waals surface area contributed by atoms with Gasteiger partial charge in [-0.15, -0.1) is 0 Å². The molecule has 8 heteroatoms. The van der Waals surface area contributed by atoms with Gasteiger partial charge in [-0.05, 0) is 60.8 Å². The summed E-state index contributed by atoms with van der Waals surface area (Å²) in [5, 5.41) is 5.96. The molecule has 1 unspecified atom stereocenters. The van der Waals surface area contributed by atoms with Gasteiger partial charge in [-0.2, -0.15) is 0 Å². The van der Waals surface area contributed by atoms with Crippen molar-refractivity contribution in [1.82, 2.24) is 20.4 Å². The predicted molar refractivity (Wildman–Crippen MR) is 195 cm³/mol. The first kappa shape index (κ1) is 34.9. The molecule has 2 heterocycles. The van der Waals surface area contributed by atoms with Crippen molar-refractivity contribution >= 4 is 17.9 Å². The summed E-state index contributed by atoms with van der Waals surface area (Å²) in [6, 6.07) is 40.0. The quantitative estimate of drug-likeness (QED) is 0.153. The van der Waals surface area contributed by atoms with Crippen LogP contribution in [0.15, 0.2) is 121 Å². The van der Waals surface area contributed by atoms with Crippen LogP contribution in [0.1, 0.15) is 60.3 Å². The number of rotatable bonds is 14. The Bertz CT molecular complexity index is 1620. The number of alkyl carbamates (subject to hydrolysis) is 1. The van der Waals surface area contributed by atoms with E-state index in [4.69, 9.17) is 4.74 Å². The van der Waals surface area contributed by atoms with E-state index in [1.54, 1.807) is 0 Å². The standard InChI is InChI=1S/C42H48N4O4/c47-39-38(23-13-14-27-43-41(49)50-32-34-17-7-2-8-18-34)44-40(48)42(25-29-45(30-26-42)28-24-33-15-5-1-6-16-33)46(39)31-37(35-19-9-3-10-20-35)36-21-11-4-12-22-36/h1-12,15-22,37-38H,13-14,23-32H2,(H,43,49)(H,44,48). The Hall–Kier alpha value is -4.95. The van der Waals surface area contributed by atoms with Crippen molar-refractivity contribution in [2.24, 2.45) is 0 Å². The zero-order valence-corrected chi connectivity index (χ0v) is 28.7. The molecule has 50 heavy (non-hydrogen) atoms. The number of nitrogens with zero attached hydrogens (tertiary/aromatic N) is 2. The van der Waals surface area contributed by atoms with Crippen LogP contribution >= 0.6 is 0 Å².